The Morgan fingerprint density at radius 3 is 2.52 bits per heavy atom. The lowest BCUT2D eigenvalue weighted by Gasteiger charge is -2.37. The van der Waals surface area contributed by atoms with Crippen LogP contribution in [0.2, 0.25) is 0 Å². The number of rotatable bonds is 7. The fourth-order valence-electron chi connectivity index (χ4n) is 3.94. The number of aliphatic imine (C=N–C) groups is 1. The Kier molecular flexibility index (Phi) is 8.46. The van der Waals surface area contributed by atoms with E-state index in [4.69, 9.17) is 4.99 Å². The van der Waals surface area contributed by atoms with Gasteiger partial charge in [-0.3, -0.25) is 9.89 Å². The first kappa shape index (κ1) is 20.5. The van der Waals surface area contributed by atoms with Gasteiger partial charge < -0.3 is 20.0 Å². The van der Waals surface area contributed by atoms with Crippen LogP contribution < -0.4 is 5.32 Å². The van der Waals surface area contributed by atoms with Crippen molar-refractivity contribution in [3.8, 4) is 0 Å². The van der Waals surface area contributed by atoms with Gasteiger partial charge in [0.15, 0.2) is 5.96 Å². The Balaban J connectivity index is 1.91. The number of hydrogen-bond acceptors (Lipinski definition) is 4. The van der Waals surface area contributed by atoms with Crippen LogP contribution in [0.4, 0.5) is 0 Å². The van der Waals surface area contributed by atoms with Gasteiger partial charge in [0, 0.05) is 51.9 Å². The van der Waals surface area contributed by atoms with Crippen molar-refractivity contribution in [2.24, 2.45) is 10.9 Å². The van der Waals surface area contributed by atoms with Gasteiger partial charge in [0.05, 0.1) is 6.54 Å². The highest BCUT2D eigenvalue weighted by Gasteiger charge is 2.27. The molecule has 0 spiro atoms. The van der Waals surface area contributed by atoms with Gasteiger partial charge in [-0.2, -0.15) is 0 Å². The second-order valence-electron chi connectivity index (χ2n) is 7.68. The van der Waals surface area contributed by atoms with Crippen LogP contribution in [0.3, 0.4) is 0 Å². The molecule has 2 fully saturated rings. The molecular formula is C19H40N6. The van der Waals surface area contributed by atoms with Crippen molar-refractivity contribution in [1.82, 2.24) is 24.9 Å². The molecule has 146 valence electrons. The van der Waals surface area contributed by atoms with Crippen LogP contribution in [0, 0.1) is 5.92 Å². The summed E-state index contributed by atoms with van der Waals surface area (Å²) < 4.78 is 0. The molecule has 2 unspecified atom stereocenters. The van der Waals surface area contributed by atoms with E-state index in [0.717, 1.165) is 70.8 Å². The molecule has 0 aromatic rings. The molecule has 0 radical (unpaired) electrons. The monoisotopic (exact) mass is 352 g/mol. The Morgan fingerprint density at radius 2 is 1.84 bits per heavy atom. The number of hydrogen-bond donors (Lipinski definition) is 1. The lowest BCUT2D eigenvalue weighted by Crippen LogP contribution is -2.51. The van der Waals surface area contributed by atoms with E-state index in [1.165, 1.54) is 13.0 Å². The van der Waals surface area contributed by atoms with Crippen molar-refractivity contribution in [3.05, 3.63) is 0 Å². The molecule has 0 aromatic carbocycles. The smallest absolute Gasteiger partial charge is 0.193 e. The van der Waals surface area contributed by atoms with Gasteiger partial charge in [0.2, 0.25) is 0 Å². The SMILES string of the molecule is CCNC(=NCC1CN(C)CCN1C)N1CCC(CN(CC)CC)C1. The van der Waals surface area contributed by atoms with E-state index in [2.05, 4.69) is 59.8 Å². The Labute approximate surface area is 155 Å². The van der Waals surface area contributed by atoms with Crippen LogP contribution in [0.15, 0.2) is 4.99 Å². The summed E-state index contributed by atoms with van der Waals surface area (Å²) in [4.78, 5) is 14.9. The second-order valence-corrected chi connectivity index (χ2v) is 7.68. The molecule has 6 heteroatoms. The van der Waals surface area contributed by atoms with Crippen LogP contribution in [0.25, 0.3) is 0 Å². The van der Waals surface area contributed by atoms with Gasteiger partial charge in [-0.15, -0.1) is 0 Å². The van der Waals surface area contributed by atoms with Crippen molar-refractivity contribution >= 4 is 5.96 Å². The number of guanidine groups is 1. The Hall–Kier alpha value is -0.850. The molecule has 2 heterocycles. The predicted octanol–water partition coefficient (Wildman–Crippen LogP) is 0.861. The predicted molar refractivity (Wildman–Crippen MR) is 107 cm³/mol. The summed E-state index contributed by atoms with van der Waals surface area (Å²) in [6, 6.07) is 0.529. The number of likely N-dealkylation sites (N-methyl/N-ethyl adjacent to an activating group) is 2. The maximum Gasteiger partial charge on any atom is 0.193 e. The first-order valence-corrected chi connectivity index (χ1v) is 10.2. The molecule has 0 saturated carbocycles. The maximum atomic E-state index is 5.01. The standard InChI is InChI=1S/C19H40N6/c1-6-20-19(21-13-18-16-22(4)11-12-23(18)5)25-10-9-17(15-25)14-24(7-2)8-3/h17-18H,6-16H2,1-5H3,(H,20,21). The molecule has 2 aliphatic rings. The van der Waals surface area contributed by atoms with Crippen LogP contribution in [0.1, 0.15) is 27.2 Å². The van der Waals surface area contributed by atoms with Gasteiger partial charge in [-0.1, -0.05) is 13.8 Å². The molecule has 2 rings (SSSR count). The highest BCUT2D eigenvalue weighted by atomic mass is 15.3. The van der Waals surface area contributed by atoms with Crippen molar-refractivity contribution in [1.29, 1.82) is 0 Å². The van der Waals surface area contributed by atoms with Crippen molar-refractivity contribution in [2.45, 2.75) is 33.2 Å². The van der Waals surface area contributed by atoms with Gasteiger partial charge in [0.1, 0.15) is 0 Å². The van der Waals surface area contributed by atoms with Gasteiger partial charge in [0.25, 0.3) is 0 Å². The quantitative estimate of drug-likeness (QED) is 0.543. The molecule has 2 saturated heterocycles. The zero-order chi connectivity index (χ0) is 18.2. The van der Waals surface area contributed by atoms with E-state index in [1.807, 2.05) is 0 Å². The molecule has 0 aliphatic carbocycles. The fraction of sp³-hybridized carbons (Fsp3) is 0.947. The first-order valence-electron chi connectivity index (χ1n) is 10.2. The summed E-state index contributed by atoms with van der Waals surface area (Å²) >= 11 is 0. The molecule has 0 amide bonds. The third-order valence-corrected chi connectivity index (χ3v) is 5.76. The number of likely N-dealkylation sites (tertiary alicyclic amines) is 1. The van der Waals surface area contributed by atoms with E-state index < -0.39 is 0 Å². The van der Waals surface area contributed by atoms with E-state index >= 15 is 0 Å². The minimum absolute atomic E-state index is 0.529. The van der Waals surface area contributed by atoms with E-state index in [-0.39, 0.29) is 0 Å². The Morgan fingerprint density at radius 1 is 1.08 bits per heavy atom. The first-order chi connectivity index (χ1) is 12.1. The number of piperazine rings is 1. The van der Waals surface area contributed by atoms with E-state index in [0.29, 0.717) is 6.04 Å². The summed E-state index contributed by atoms with van der Waals surface area (Å²) in [5, 5.41) is 3.52. The number of nitrogens with zero attached hydrogens (tertiary/aromatic N) is 5. The largest absolute Gasteiger partial charge is 0.357 e. The van der Waals surface area contributed by atoms with Crippen LogP contribution >= 0.6 is 0 Å². The van der Waals surface area contributed by atoms with Gasteiger partial charge in [-0.25, -0.2) is 0 Å². The summed E-state index contributed by atoms with van der Waals surface area (Å²) in [5.74, 6) is 1.89. The molecule has 0 bridgehead atoms. The normalized spacial score (nSPS) is 26.6. The second kappa shape index (κ2) is 10.3. The summed E-state index contributed by atoms with van der Waals surface area (Å²) in [5.41, 5.74) is 0. The zero-order valence-corrected chi connectivity index (χ0v) is 17.2. The lowest BCUT2D eigenvalue weighted by atomic mass is 10.1. The average Bonchev–Trinajstić information content (AvgIpc) is 3.07. The third-order valence-electron chi connectivity index (χ3n) is 5.76. The van der Waals surface area contributed by atoms with Gasteiger partial charge in [-0.05, 0) is 46.4 Å². The number of nitrogens with one attached hydrogen (secondary N) is 1. The lowest BCUT2D eigenvalue weighted by molar-refractivity contribution is 0.119. The van der Waals surface area contributed by atoms with Crippen LogP contribution in [-0.2, 0) is 0 Å². The molecule has 1 N–H and O–H groups in total. The molecule has 25 heavy (non-hydrogen) atoms. The molecule has 0 aromatic heterocycles. The summed E-state index contributed by atoms with van der Waals surface area (Å²) in [6.07, 6.45) is 1.28. The van der Waals surface area contributed by atoms with Crippen molar-refractivity contribution in [3.63, 3.8) is 0 Å². The molecular weight excluding hydrogens is 312 g/mol. The van der Waals surface area contributed by atoms with E-state index in [1.54, 1.807) is 0 Å². The third kappa shape index (κ3) is 6.12. The van der Waals surface area contributed by atoms with Crippen LogP contribution in [0.5, 0.6) is 0 Å². The molecule has 2 atom stereocenters. The Bertz CT molecular complexity index is 409. The van der Waals surface area contributed by atoms with Gasteiger partial charge >= 0.3 is 0 Å². The summed E-state index contributed by atoms with van der Waals surface area (Å²) in [6.45, 7) is 17.8. The highest BCUT2D eigenvalue weighted by Crippen LogP contribution is 2.18. The zero-order valence-electron chi connectivity index (χ0n) is 17.2. The van der Waals surface area contributed by atoms with Crippen molar-refractivity contribution < 1.29 is 0 Å². The maximum absolute atomic E-state index is 5.01. The van der Waals surface area contributed by atoms with Crippen molar-refractivity contribution in [2.75, 3.05) is 79.5 Å². The molecule has 6 nitrogen and oxygen atoms in total. The summed E-state index contributed by atoms with van der Waals surface area (Å²) in [7, 11) is 4.45. The minimum atomic E-state index is 0.529. The average molecular weight is 353 g/mol. The van der Waals surface area contributed by atoms with E-state index in [9.17, 15) is 0 Å². The topological polar surface area (TPSA) is 37.4 Å². The highest BCUT2D eigenvalue weighted by molar-refractivity contribution is 5.80. The minimum Gasteiger partial charge on any atom is -0.357 e. The van der Waals surface area contributed by atoms with Crippen LogP contribution in [-0.4, -0.2) is 111 Å². The molecule has 2 aliphatic heterocycles. The fourth-order valence-corrected chi connectivity index (χ4v) is 3.94.